The van der Waals surface area contributed by atoms with E-state index in [1.807, 2.05) is 38.2 Å². The van der Waals surface area contributed by atoms with Gasteiger partial charge in [-0.15, -0.1) is 0 Å². The van der Waals surface area contributed by atoms with E-state index in [0.29, 0.717) is 6.04 Å². The highest BCUT2D eigenvalue weighted by atomic mass is 16.5. The van der Waals surface area contributed by atoms with Crippen LogP contribution in [-0.4, -0.2) is 227 Å². The van der Waals surface area contributed by atoms with Gasteiger partial charge < -0.3 is 48.3 Å². The average Bonchev–Trinajstić information content (AvgIpc) is 3.39. The minimum atomic E-state index is 0.0853. The highest BCUT2D eigenvalue weighted by Gasteiger charge is 2.22. The number of hydrogen-bond donors (Lipinski definition) is 0. The molecule has 462 valence electrons. The van der Waals surface area contributed by atoms with Gasteiger partial charge in [-0.2, -0.15) is 0 Å². The van der Waals surface area contributed by atoms with Crippen LogP contribution in [0.4, 0.5) is 0 Å². The van der Waals surface area contributed by atoms with Crippen LogP contribution in [0.1, 0.15) is 105 Å². The topological polar surface area (TPSA) is 59.6 Å². The van der Waals surface area contributed by atoms with E-state index in [1.165, 1.54) is 18.4 Å². The molecule has 11 heteroatoms. The Morgan fingerprint density at radius 3 is 1.21 bits per heavy atom. The molecular formula is C69H127N7O4. The lowest BCUT2D eigenvalue weighted by atomic mass is 9.99. The standard InChI is InChI=1S/C23H45N3O.C17H32N2O.C15H27NO.C14H23NO/c1-10-21(4)13-14-23(20(2)3)27-22(5)19-26(17-11-15-24(6)7)18-12-16-25(8)9;1-8-16(4)9-10-17(15(2)3)20-14-13-19(7)12-11-18(5)6;1-7-14(4)9-10-15(13(2)3)17-12-8-11-16(5)6;1-5-13(4)6-7-14(12(2)3)15-8-10-16-11-9-15/h10,22-23H,1-2,4,11-19H2,3,5-9H3;8,17H,1-2,4,9-14H2,3,5-7H3;7,15H,1-2,4,8-12H2,3,5-6H3;5,14H,1-2,4,6-11H2,3H3. The summed E-state index contributed by atoms with van der Waals surface area (Å²) in [5.74, 6) is 0. The van der Waals surface area contributed by atoms with Crippen LogP contribution >= 0.6 is 0 Å². The molecule has 0 bridgehead atoms. The molecule has 0 aromatic rings. The molecule has 0 saturated carbocycles. The Labute approximate surface area is 496 Å². The van der Waals surface area contributed by atoms with Crippen molar-refractivity contribution in [3.05, 3.63) is 148 Å². The summed E-state index contributed by atoms with van der Waals surface area (Å²) in [5.41, 5.74) is 8.79. The summed E-state index contributed by atoms with van der Waals surface area (Å²) in [7, 11) is 19.0. The molecule has 0 radical (unpaired) electrons. The van der Waals surface area contributed by atoms with E-state index in [-0.39, 0.29) is 24.4 Å². The summed E-state index contributed by atoms with van der Waals surface area (Å²) in [6.07, 6.45) is 18.9. The van der Waals surface area contributed by atoms with Crippen LogP contribution in [0.25, 0.3) is 0 Å². The highest BCUT2D eigenvalue weighted by molar-refractivity contribution is 5.15. The second-order valence-electron chi connectivity index (χ2n) is 23.2. The molecule has 11 nitrogen and oxygen atoms in total. The molecule has 1 saturated heterocycles. The van der Waals surface area contributed by atoms with Crippen molar-refractivity contribution in [2.45, 2.75) is 136 Å². The lowest BCUT2D eigenvalue weighted by Gasteiger charge is -2.35. The Hall–Kier alpha value is -3.56. The van der Waals surface area contributed by atoms with Gasteiger partial charge in [0.1, 0.15) is 0 Å². The molecule has 0 N–H and O–H groups in total. The Kier molecular flexibility index (Phi) is 51.5. The summed E-state index contributed by atoms with van der Waals surface area (Å²) < 4.78 is 23.5. The second kappa shape index (κ2) is 51.1. The number of morpholine rings is 1. The quantitative estimate of drug-likeness (QED) is 0.0333. The zero-order valence-electron chi connectivity index (χ0n) is 54.8. The van der Waals surface area contributed by atoms with Crippen LogP contribution in [0.15, 0.2) is 148 Å². The molecule has 1 aliphatic heterocycles. The number of nitrogens with zero attached hydrogens (tertiary/aromatic N) is 7. The van der Waals surface area contributed by atoms with E-state index in [2.05, 4.69) is 197 Å². The van der Waals surface area contributed by atoms with Gasteiger partial charge in [0.15, 0.2) is 0 Å². The maximum Gasteiger partial charge on any atom is 0.0787 e. The maximum absolute atomic E-state index is 6.35. The smallest absolute Gasteiger partial charge is 0.0787 e. The third kappa shape index (κ3) is 49.1. The van der Waals surface area contributed by atoms with Gasteiger partial charge in [-0.05, 0) is 201 Å². The van der Waals surface area contributed by atoms with Crippen LogP contribution in [0.5, 0.6) is 0 Å². The van der Waals surface area contributed by atoms with Gasteiger partial charge in [-0.3, -0.25) is 4.90 Å². The normalized spacial score (nSPS) is 14.3. The fourth-order valence-electron chi connectivity index (χ4n) is 8.33. The van der Waals surface area contributed by atoms with Crippen molar-refractivity contribution < 1.29 is 18.9 Å². The molecule has 1 aliphatic rings. The minimum Gasteiger partial charge on any atom is -0.379 e. The van der Waals surface area contributed by atoms with Gasteiger partial charge in [-0.1, -0.05) is 148 Å². The van der Waals surface area contributed by atoms with Crippen molar-refractivity contribution in [3.8, 4) is 0 Å². The summed E-state index contributed by atoms with van der Waals surface area (Å²) in [6, 6.07) is 0.459. The molecule has 1 heterocycles. The van der Waals surface area contributed by atoms with Crippen LogP contribution < -0.4 is 0 Å². The van der Waals surface area contributed by atoms with E-state index in [1.54, 1.807) is 0 Å². The van der Waals surface area contributed by atoms with Crippen molar-refractivity contribution >= 4 is 0 Å². The number of rotatable bonds is 45. The molecular weight excluding hydrogens is 991 g/mol. The SMILES string of the molecule is C=CC(=C)CCC(C(=C)C)N1CCOCC1.C=CC(=C)CCC(OC(C)CN(CCCN(C)C)CCCN(C)C)C(=C)C.C=CC(=C)CCC(OCCCN(C)C)C(=C)C.C=CC(=C)CCC(OCCN(C)CCN(C)C)C(=C)C. The molecule has 1 rings (SSSR count). The average molecular weight is 1120 g/mol. The zero-order chi connectivity index (χ0) is 61.6. The van der Waals surface area contributed by atoms with E-state index in [4.69, 9.17) is 18.9 Å². The second-order valence-corrected chi connectivity index (χ2v) is 23.2. The van der Waals surface area contributed by atoms with Crippen LogP contribution in [0.2, 0.25) is 0 Å². The molecule has 0 spiro atoms. The largest absolute Gasteiger partial charge is 0.379 e. The zero-order valence-corrected chi connectivity index (χ0v) is 54.8. The Bertz CT molecular complexity index is 1750. The van der Waals surface area contributed by atoms with Crippen molar-refractivity contribution in [1.29, 1.82) is 0 Å². The summed E-state index contributed by atoms with van der Waals surface area (Å²) >= 11 is 0. The van der Waals surface area contributed by atoms with Crippen molar-refractivity contribution in [3.63, 3.8) is 0 Å². The number of likely N-dealkylation sites (N-methyl/N-ethyl adjacent to an activating group) is 2. The van der Waals surface area contributed by atoms with Crippen LogP contribution in [-0.2, 0) is 18.9 Å². The van der Waals surface area contributed by atoms with Gasteiger partial charge in [-0.25, -0.2) is 0 Å². The first-order valence-corrected chi connectivity index (χ1v) is 29.7. The Balaban J connectivity index is -0.00000101. The molecule has 80 heavy (non-hydrogen) atoms. The first kappa shape index (κ1) is 80.7. The van der Waals surface area contributed by atoms with Gasteiger partial charge in [0.25, 0.3) is 0 Å². The third-order valence-electron chi connectivity index (χ3n) is 13.6. The monoisotopic (exact) mass is 1120 g/mol. The van der Waals surface area contributed by atoms with E-state index in [9.17, 15) is 0 Å². The molecule has 0 aromatic carbocycles. The number of allylic oxidation sites excluding steroid dienone is 8. The fourth-order valence-corrected chi connectivity index (χ4v) is 8.33. The molecule has 0 amide bonds. The Morgan fingerprint density at radius 2 is 0.838 bits per heavy atom. The number of ether oxygens (including phenoxy) is 4. The van der Waals surface area contributed by atoms with Crippen molar-refractivity contribution in [1.82, 2.24) is 34.3 Å². The number of hydrogen-bond acceptors (Lipinski definition) is 11. The highest BCUT2D eigenvalue weighted by Crippen LogP contribution is 2.21. The van der Waals surface area contributed by atoms with Crippen molar-refractivity contribution in [2.24, 2.45) is 0 Å². The fraction of sp³-hybridized carbons (Fsp3) is 0.652. The predicted molar refractivity (Wildman–Crippen MR) is 356 cm³/mol. The van der Waals surface area contributed by atoms with Crippen LogP contribution in [0.3, 0.4) is 0 Å². The molecule has 5 atom stereocenters. The maximum atomic E-state index is 6.35. The predicted octanol–water partition coefficient (Wildman–Crippen LogP) is 13.2. The van der Waals surface area contributed by atoms with Crippen LogP contribution in [0, 0.1) is 0 Å². The van der Waals surface area contributed by atoms with E-state index < -0.39 is 0 Å². The first-order chi connectivity index (χ1) is 37.6. The molecule has 1 fully saturated rings. The molecule has 5 unspecified atom stereocenters. The van der Waals surface area contributed by atoms with Gasteiger partial charge in [0, 0.05) is 51.9 Å². The van der Waals surface area contributed by atoms with Crippen molar-refractivity contribution in [2.75, 3.05) is 162 Å². The summed E-state index contributed by atoms with van der Waals surface area (Å²) in [5, 5.41) is 0. The third-order valence-corrected chi connectivity index (χ3v) is 13.6. The molecule has 0 aliphatic carbocycles. The van der Waals surface area contributed by atoms with Gasteiger partial charge >= 0.3 is 0 Å². The molecule has 0 aromatic heterocycles. The first-order valence-electron chi connectivity index (χ1n) is 29.7. The van der Waals surface area contributed by atoms with E-state index in [0.717, 1.165) is 195 Å². The Morgan fingerprint density at radius 1 is 0.463 bits per heavy atom. The summed E-state index contributed by atoms with van der Waals surface area (Å²) in [4.78, 5) is 16.2. The lowest BCUT2D eigenvalue weighted by Crippen LogP contribution is -2.44. The van der Waals surface area contributed by atoms with Gasteiger partial charge in [0.2, 0.25) is 0 Å². The summed E-state index contributed by atoms with van der Waals surface area (Å²) in [6.45, 7) is 72.2. The minimum absolute atomic E-state index is 0.0853. The van der Waals surface area contributed by atoms with E-state index >= 15 is 0 Å². The lowest BCUT2D eigenvalue weighted by molar-refractivity contribution is -0.00561. The van der Waals surface area contributed by atoms with Gasteiger partial charge in [0.05, 0.1) is 44.2 Å².